The summed E-state index contributed by atoms with van der Waals surface area (Å²) in [6, 6.07) is 0. The number of carbonyl (C=O) groups is 1. The summed E-state index contributed by atoms with van der Waals surface area (Å²) in [4.78, 5) is 9.46. The molecule has 0 aliphatic rings. The smallest absolute Gasteiger partial charge is 0.221 e. The summed E-state index contributed by atoms with van der Waals surface area (Å²) in [5.41, 5.74) is 2.36. The normalized spacial score (nSPS) is 8.50. The molecule has 0 fully saturated rings. The molecule has 1 amide bonds. The zero-order valence-corrected chi connectivity index (χ0v) is 3.93. The fourth-order valence-electron chi connectivity index (χ4n) is 0.105. The minimum Gasteiger partial charge on any atom is -0.292 e. The molecular weight excluding hydrogens is 80.0 g/mol. The highest BCUT2D eigenvalue weighted by molar-refractivity contribution is 5.44. The maximum Gasteiger partial charge on any atom is 0.221 e. The predicted octanol–water partition coefficient (Wildman–Crippen LogP) is -0.791. The van der Waals surface area contributed by atoms with Gasteiger partial charge in [-0.15, -0.1) is 0 Å². The summed E-state index contributed by atoms with van der Waals surface area (Å²) in [6.07, 6.45) is 0.625. The van der Waals surface area contributed by atoms with Crippen molar-refractivity contribution in [1.82, 2.24) is 10.4 Å². The summed E-state index contributed by atoms with van der Waals surface area (Å²) in [6.45, 7) is 0. The zero-order chi connectivity index (χ0) is 4.99. The second kappa shape index (κ2) is 2.66. The zero-order valence-electron chi connectivity index (χ0n) is 3.93. The van der Waals surface area contributed by atoms with Gasteiger partial charge in [0.25, 0.3) is 0 Å². The van der Waals surface area contributed by atoms with Crippen LogP contribution in [-0.2, 0) is 4.79 Å². The molecule has 0 aliphatic carbocycles. The largest absolute Gasteiger partial charge is 0.292 e. The van der Waals surface area contributed by atoms with Crippen molar-refractivity contribution in [3.63, 3.8) is 0 Å². The first-order valence-corrected chi connectivity index (χ1v) is 1.64. The third-order valence-corrected chi connectivity index (χ3v) is 0.311. The van der Waals surface area contributed by atoms with Gasteiger partial charge in [-0.3, -0.25) is 10.2 Å². The highest BCUT2D eigenvalue weighted by atomic mass is 16.1. The SMILES string of the molecule is CN(C)NC=O. The molecule has 3 heteroatoms. The van der Waals surface area contributed by atoms with E-state index in [1.807, 2.05) is 0 Å². The molecule has 6 heavy (non-hydrogen) atoms. The maximum atomic E-state index is 9.46. The lowest BCUT2D eigenvalue weighted by molar-refractivity contribution is -0.112. The Balaban J connectivity index is 2.81. The average molecular weight is 88.1 g/mol. The Morgan fingerprint density at radius 2 is 2.17 bits per heavy atom. The van der Waals surface area contributed by atoms with Crippen molar-refractivity contribution in [2.24, 2.45) is 0 Å². The molecule has 0 bridgehead atoms. The van der Waals surface area contributed by atoms with E-state index in [4.69, 9.17) is 0 Å². The Morgan fingerprint density at radius 1 is 1.67 bits per heavy atom. The molecule has 0 rings (SSSR count). The summed E-state index contributed by atoms with van der Waals surface area (Å²) >= 11 is 0. The Morgan fingerprint density at radius 3 is 2.17 bits per heavy atom. The van der Waals surface area contributed by atoms with Crippen LogP contribution in [0.3, 0.4) is 0 Å². The lowest BCUT2D eigenvalue weighted by Crippen LogP contribution is -2.28. The molecule has 1 N–H and O–H groups in total. The van der Waals surface area contributed by atoms with Crippen molar-refractivity contribution in [1.29, 1.82) is 0 Å². The topological polar surface area (TPSA) is 32.3 Å². The van der Waals surface area contributed by atoms with Gasteiger partial charge in [0.1, 0.15) is 0 Å². The molecule has 0 saturated carbocycles. The molecule has 0 spiro atoms. The van der Waals surface area contributed by atoms with Gasteiger partial charge in [0, 0.05) is 14.1 Å². The van der Waals surface area contributed by atoms with Crippen molar-refractivity contribution in [3.8, 4) is 0 Å². The lowest BCUT2D eigenvalue weighted by Gasteiger charge is -2.03. The Hall–Kier alpha value is -0.570. The molecule has 36 valence electrons. The van der Waals surface area contributed by atoms with Gasteiger partial charge in [0.2, 0.25) is 6.41 Å². The number of carbonyl (C=O) groups excluding carboxylic acids is 1. The molecule has 0 atom stereocenters. The van der Waals surface area contributed by atoms with Crippen LogP contribution >= 0.6 is 0 Å². The van der Waals surface area contributed by atoms with E-state index in [1.54, 1.807) is 19.1 Å². The number of nitrogens with one attached hydrogen (secondary N) is 1. The number of rotatable bonds is 2. The van der Waals surface area contributed by atoms with Crippen molar-refractivity contribution < 1.29 is 4.79 Å². The van der Waals surface area contributed by atoms with Crippen LogP contribution < -0.4 is 5.43 Å². The van der Waals surface area contributed by atoms with E-state index < -0.39 is 0 Å². The molecule has 0 aromatic heterocycles. The first kappa shape index (κ1) is 5.43. The van der Waals surface area contributed by atoms with Gasteiger partial charge in [-0.2, -0.15) is 0 Å². The Bertz CT molecular complexity index is 44.1. The van der Waals surface area contributed by atoms with Crippen LogP contribution in [0.5, 0.6) is 0 Å². The van der Waals surface area contributed by atoms with E-state index in [1.165, 1.54) is 0 Å². The number of hydrogen-bond acceptors (Lipinski definition) is 2. The van der Waals surface area contributed by atoms with Crippen molar-refractivity contribution in [2.45, 2.75) is 0 Å². The molecule has 0 aliphatic heterocycles. The molecule has 0 unspecified atom stereocenters. The molecule has 0 radical (unpaired) electrons. The monoisotopic (exact) mass is 88.1 g/mol. The average Bonchev–Trinajstić information content (AvgIpc) is 1.35. The third-order valence-electron chi connectivity index (χ3n) is 0.311. The first-order chi connectivity index (χ1) is 2.77. The maximum absolute atomic E-state index is 9.46. The molecule has 0 saturated heterocycles. The highest BCUT2D eigenvalue weighted by Crippen LogP contribution is 1.51. The first-order valence-electron chi connectivity index (χ1n) is 1.64. The van der Waals surface area contributed by atoms with E-state index in [-0.39, 0.29) is 0 Å². The van der Waals surface area contributed by atoms with E-state index in [9.17, 15) is 4.79 Å². The van der Waals surface area contributed by atoms with Gasteiger partial charge in [0.05, 0.1) is 0 Å². The van der Waals surface area contributed by atoms with E-state index in [0.29, 0.717) is 6.41 Å². The highest BCUT2D eigenvalue weighted by Gasteiger charge is 1.74. The molecule has 3 nitrogen and oxygen atoms in total. The number of nitrogens with zero attached hydrogens (tertiary/aromatic N) is 1. The van der Waals surface area contributed by atoms with Gasteiger partial charge in [-0.1, -0.05) is 0 Å². The van der Waals surface area contributed by atoms with Crippen molar-refractivity contribution in [3.05, 3.63) is 0 Å². The molecule has 0 heterocycles. The minimum absolute atomic E-state index is 0.625. The van der Waals surface area contributed by atoms with E-state index in [0.717, 1.165) is 0 Å². The van der Waals surface area contributed by atoms with Gasteiger partial charge < -0.3 is 0 Å². The third kappa shape index (κ3) is 3.43. The van der Waals surface area contributed by atoms with Crippen LogP contribution in [0.25, 0.3) is 0 Å². The molecular formula is C3H8N2O. The number of hydrazine groups is 1. The Labute approximate surface area is 36.9 Å². The van der Waals surface area contributed by atoms with Crippen LogP contribution in [0.15, 0.2) is 0 Å². The van der Waals surface area contributed by atoms with Crippen LogP contribution in [-0.4, -0.2) is 25.5 Å². The quantitative estimate of drug-likeness (QED) is 0.354. The van der Waals surface area contributed by atoms with Gasteiger partial charge in [-0.25, -0.2) is 5.01 Å². The van der Waals surface area contributed by atoms with Crippen LogP contribution in [0, 0.1) is 0 Å². The standard InChI is InChI=1S/C3H8N2O/c1-5(2)4-3-6/h3H,1-2H3,(H,4,6). The lowest BCUT2D eigenvalue weighted by atomic mass is 11.1. The van der Waals surface area contributed by atoms with Crippen LogP contribution in [0.1, 0.15) is 0 Å². The fourth-order valence-corrected chi connectivity index (χ4v) is 0.105. The minimum atomic E-state index is 0.625. The molecule has 0 aromatic rings. The van der Waals surface area contributed by atoms with Gasteiger partial charge >= 0.3 is 0 Å². The van der Waals surface area contributed by atoms with Crippen LogP contribution in [0.2, 0.25) is 0 Å². The van der Waals surface area contributed by atoms with Gasteiger partial charge in [-0.05, 0) is 0 Å². The van der Waals surface area contributed by atoms with E-state index in [2.05, 4.69) is 5.43 Å². The predicted molar refractivity (Wildman–Crippen MR) is 22.9 cm³/mol. The number of hydrogen-bond donors (Lipinski definition) is 1. The summed E-state index contributed by atoms with van der Waals surface area (Å²) in [7, 11) is 3.49. The second-order valence-corrected chi connectivity index (χ2v) is 1.14. The molecule has 0 aromatic carbocycles. The second-order valence-electron chi connectivity index (χ2n) is 1.14. The Kier molecular flexibility index (Phi) is 2.40. The summed E-state index contributed by atoms with van der Waals surface area (Å²) < 4.78 is 0. The summed E-state index contributed by atoms with van der Waals surface area (Å²) in [5, 5.41) is 1.56. The number of amides is 1. The van der Waals surface area contributed by atoms with Crippen molar-refractivity contribution >= 4 is 6.41 Å². The van der Waals surface area contributed by atoms with Gasteiger partial charge in [0.15, 0.2) is 0 Å². The fraction of sp³-hybridized carbons (Fsp3) is 0.667. The van der Waals surface area contributed by atoms with E-state index >= 15 is 0 Å². The van der Waals surface area contributed by atoms with Crippen LogP contribution in [0.4, 0.5) is 0 Å². The van der Waals surface area contributed by atoms with Crippen molar-refractivity contribution in [2.75, 3.05) is 14.1 Å². The summed E-state index contributed by atoms with van der Waals surface area (Å²) in [5.74, 6) is 0.